The van der Waals surface area contributed by atoms with Crippen molar-refractivity contribution in [1.82, 2.24) is 10.2 Å². The Morgan fingerprint density at radius 3 is 2.72 bits per heavy atom. The second-order valence-electron chi connectivity index (χ2n) is 5.10. The highest BCUT2D eigenvalue weighted by Crippen LogP contribution is 2.31. The van der Waals surface area contributed by atoms with Gasteiger partial charge in [-0.25, -0.2) is 0 Å². The van der Waals surface area contributed by atoms with Crippen molar-refractivity contribution in [3.8, 4) is 0 Å². The lowest BCUT2D eigenvalue weighted by Gasteiger charge is -2.13. The third-order valence-corrected chi connectivity index (χ3v) is 5.63. The van der Waals surface area contributed by atoms with Crippen LogP contribution in [0.1, 0.15) is 32.1 Å². The lowest BCUT2D eigenvalue weighted by Crippen LogP contribution is -2.14. The van der Waals surface area contributed by atoms with E-state index in [1.807, 2.05) is 19.0 Å². The Balaban J connectivity index is 1.72. The second kappa shape index (κ2) is 6.73. The van der Waals surface area contributed by atoms with Crippen molar-refractivity contribution in [2.45, 2.75) is 42.5 Å². The first kappa shape index (κ1) is 14.1. The van der Waals surface area contributed by atoms with E-state index < -0.39 is 0 Å². The largest absolute Gasteiger partial charge is 0.392 e. The van der Waals surface area contributed by atoms with E-state index in [0.29, 0.717) is 0 Å². The zero-order chi connectivity index (χ0) is 13.0. The van der Waals surface area contributed by atoms with Gasteiger partial charge < -0.3 is 10.0 Å². The summed E-state index contributed by atoms with van der Waals surface area (Å²) in [7, 11) is 3.92. The summed E-state index contributed by atoms with van der Waals surface area (Å²) in [5, 5.41) is 19.1. The summed E-state index contributed by atoms with van der Waals surface area (Å²) in [5.74, 6) is 1.48. The van der Waals surface area contributed by atoms with Gasteiger partial charge in [-0.05, 0) is 12.3 Å². The van der Waals surface area contributed by atoms with E-state index >= 15 is 0 Å². The van der Waals surface area contributed by atoms with Crippen LogP contribution in [0.5, 0.6) is 0 Å². The first-order valence-corrected chi connectivity index (χ1v) is 8.27. The molecule has 1 aromatic rings. The van der Waals surface area contributed by atoms with Gasteiger partial charge in [-0.2, -0.15) is 0 Å². The van der Waals surface area contributed by atoms with Crippen LogP contribution in [0.3, 0.4) is 0 Å². The van der Waals surface area contributed by atoms with E-state index in [1.165, 1.54) is 25.7 Å². The Morgan fingerprint density at radius 2 is 2.11 bits per heavy atom. The Labute approximate surface area is 117 Å². The Kier molecular flexibility index (Phi) is 5.26. The molecule has 0 aliphatic heterocycles. The van der Waals surface area contributed by atoms with E-state index in [2.05, 4.69) is 10.2 Å². The van der Waals surface area contributed by atoms with Crippen molar-refractivity contribution in [1.29, 1.82) is 0 Å². The molecule has 18 heavy (non-hydrogen) atoms. The molecular formula is C12H21N3OS2. The molecule has 2 rings (SSSR count). The summed E-state index contributed by atoms with van der Waals surface area (Å²) in [6.45, 7) is 0. The first-order valence-electron chi connectivity index (χ1n) is 6.47. The number of anilines is 1. The van der Waals surface area contributed by atoms with Gasteiger partial charge in [0.15, 0.2) is 4.34 Å². The lowest BCUT2D eigenvalue weighted by molar-refractivity contribution is 0.166. The van der Waals surface area contributed by atoms with Crippen LogP contribution in [-0.4, -0.2) is 41.3 Å². The number of aliphatic hydroxyl groups excluding tert-OH is 1. The molecule has 1 N–H and O–H groups in total. The molecule has 1 aliphatic rings. The third kappa shape index (κ3) is 4.10. The Bertz CT molecular complexity index is 364. The predicted molar refractivity (Wildman–Crippen MR) is 77.5 cm³/mol. The average Bonchev–Trinajstić information content (AvgIpc) is 2.96. The summed E-state index contributed by atoms with van der Waals surface area (Å²) in [6.07, 6.45) is 6.02. The van der Waals surface area contributed by atoms with Gasteiger partial charge >= 0.3 is 0 Å². The molecule has 0 bridgehead atoms. The Morgan fingerprint density at radius 1 is 1.39 bits per heavy atom. The number of aromatic nitrogens is 2. The van der Waals surface area contributed by atoms with Crippen LogP contribution in [0, 0.1) is 5.92 Å². The zero-order valence-corrected chi connectivity index (χ0v) is 12.6. The van der Waals surface area contributed by atoms with E-state index in [9.17, 15) is 5.11 Å². The van der Waals surface area contributed by atoms with Crippen molar-refractivity contribution in [3.63, 3.8) is 0 Å². The molecule has 4 nitrogen and oxygen atoms in total. The minimum Gasteiger partial charge on any atom is -0.392 e. The molecule has 0 saturated heterocycles. The first-order chi connectivity index (χ1) is 8.65. The van der Waals surface area contributed by atoms with Crippen LogP contribution in [0.2, 0.25) is 0 Å². The molecule has 1 heterocycles. The van der Waals surface area contributed by atoms with Gasteiger partial charge in [-0.1, -0.05) is 48.8 Å². The fourth-order valence-corrected chi connectivity index (χ4v) is 4.04. The van der Waals surface area contributed by atoms with E-state index in [4.69, 9.17) is 0 Å². The van der Waals surface area contributed by atoms with Crippen LogP contribution < -0.4 is 4.90 Å². The average molecular weight is 287 g/mol. The van der Waals surface area contributed by atoms with Gasteiger partial charge in [0.1, 0.15) is 0 Å². The number of rotatable bonds is 6. The van der Waals surface area contributed by atoms with Crippen LogP contribution in [0.25, 0.3) is 0 Å². The van der Waals surface area contributed by atoms with Crippen molar-refractivity contribution < 1.29 is 5.11 Å². The van der Waals surface area contributed by atoms with Gasteiger partial charge in [-0.15, -0.1) is 10.2 Å². The fourth-order valence-electron chi connectivity index (χ4n) is 2.31. The highest BCUT2D eigenvalue weighted by molar-refractivity contribution is 8.01. The van der Waals surface area contributed by atoms with E-state index in [-0.39, 0.29) is 6.10 Å². The molecule has 6 heteroatoms. The van der Waals surface area contributed by atoms with Crippen molar-refractivity contribution in [3.05, 3.63) is 0 Å². The number of nitrogens with zero attached hydrogens (tertiary/aromatic N) is 3. The van der Waals surface area contributed by atoms with Crippen LogP contribution in [0.15, 0.2) is 4.34 Å². The number of hydrogen-bond acceptors (Lipinski definition) is 6. The number of aliphatic hydroxyl groups is 1. The lowest BCUT2D eigenvalue weighted by atomic mass is 10.0. The topological polar surface area (TPSA) is 49.2 Å². The SMILES string of the molecule is CN(C)c1nnc(SCC(O)CC2CCCC2)s1. The van der Waals surface area contributed by atoms with Crippen molar-refractivity contribution >= 4 is 28.2 Å². The maximum atomic E-state index is 10.0. The Hall–Kier alpha value is -0.330. The van der Waals surface area contributed by atoms with Gasteiger partial charge in [0.2, 0.25) is 5.13 Å². The van der Waals surface area contributed by atoms with Crippen LogP contribution >= 0.6 is 23.1 Å². The smallest absolute Gasteiger partial charge is 0.208 e. The fraction of sp³-hybridized carbons (Fsp3) is 0.833. The molecule has 1 fully saturated rings. The van der Waals surface area contributed by atoms with Crippen LogP contribution in [-0.2, 0) is 0 Å². The van der Waals surface area contributed by atoms with Gasteiger partial charge in [0, 0.05) is 19.8 Å². The quantitative estimate of drug-likeness (QED) is 0.815. The molecule has 1 aromatic heterocycles. The molecule has 0 aromatic carbocycles. The molecule has 0 amide bonds. The minimum absolute atomic E-state index is 0.204. The third-order valence-electron chi connectivity index (χ3n) is 3.26. The summed E-state index contributed by atoms with van der Waals surface area (Å²) in [4.78, 5) is 1.96. The molecule has 0 radical (unpaired) electrons. The molecule has 1 aliphatic carbocycles. The molecule has 102 valence electrons. The second-order valence-corrected chi connectivity index (χ2v) is 7.32. The highest BCUT2D eigenvalue weighted by atomic mass is 32.2. The number of thioether (sulfide) groups is 1. The van der Waals surface area contributed by atoms with E-state index in [1.54, 1.807) is 23.1 Å². The molecule has 1 atom stereocenters. The van der Waals surface area contributed by atoms with E-state index in [0.717, 1.165) is 27.6 Å². The standard InChI is InChI=1S/C12H21N3OS2/c1-15(2)11-13-14-12(18-11)17-8-10(16)7-9-5-3-4-6-9/h9-10,16H,3-8H2,1-2H3. The maximum Gasteiger partial charge on any atom is 0.208 e. The zero-order valence-electron chi connectivity index (χ0n) is 11.0. The molecule has 0 spiro atoms. The predicted octanol–water partition coefficient (Wildman–Crippen LogP) is 2.64. The normalized spacial score (nSPS) is 18.2. The molecule has 1 saturated carbocycles. The molecule has 1 unspecified atom stereocenters. The molecular weight excluding hydrogens is 266 g/mol. The van der Waals surface area contributed by atoms with Gasteiger partial charge in [0.25, 0.3) is 0 Å². The summed E-state index contributed by atoms with van der Waals surface area (Å²) in [5.41, 5.74) is 0. The van der Waals surface area contributed by atoms with Gasteiger partial charge in [-0.3, -0.25) is 0 Å². The van der Waals surface area contributed by atoms with Crippen LogP contribution in [0.4, 0.5) is 5.13 Å². The van der Waals surface area contributed by atoms with Crippen molar-refractivity contribution in [2.24, 2.45) is 5.92 Å². The van der Waals surface area contributed by atoms with Crippen molar-refractivity contribution in [2.75, 3.05) is 24.7 Å². The number of hydrogen-bond donors (Lipinski definition) is 1. The van der Waals surface area contributed by atoms with Gasteiger partial charge in [0.05, 0.1) is 6.10 Å². The minimum atomic E-state index is -0.204. The summed E-state index contributed by atoms with van der Waals surface area (Å²) >= 11 is 3.20. The summed E-state index contributed by atoms with van der Waals surface area (Å²) < 4.78 is 0.948. The monoisotopic (exact) mass is 287 g/mol. The maximum absolute atomic E-state index is 10.0. The highest BCUT2D eigenvalue weighted by Gasteiger charge is 2.19. The summed E-state index contributed by atoms with van der Waals surface area (Å²) in [6, 6.07) is 0.